The molecule has 1 amide bonds. The summed E-state index contributed by atoms with van der Waals surface area (Å²) in [4.78, 5) is 17.2. The molecular weight excluding hydrogens is 386 g/mol. The number of rotatable bonds is 5. The molecule has 0 aliphatic carbocycles. The van der Waals surface area contributed by atoms with Crippen LogP contribution in [0.1, 0.15) is 15.9 Å². The lowest BCUT2D eigenvalue weighted by atomic mass is 10.1. The number of halogens is 1. The Kier molecular flexibility index (Phi) is 5.31. The van der Waals surface area contributed by atoms with E-state index in [1.54, 1.807) is 36.5 Å². The summed E-state index contributed by atoms with van der Waals surface area (Å²) in [6, 6.07) is 21.7. The third kappa shape index (κ3) is 4.15. The maximum absolute atomic E-state index is 12.9. The molecule has 4 rings (SSSR count). The van der Waals surface area contributed by atoms with Crippen LogP contribution in [0, 0.1) is 0 Å². The normalized spacial score (nSPS) is 10.7. The molecule has 1 heterocycles. The molecule has 3 aromatic carbocycles. The second kappa shape index (κ2) is 8.20. The molecular formula is C23H18ClN3O2. The van der Waals surface area contributed by atoms with E-state index in [0.717, 1.165) is 16.5 Å². The smallest absolute Gasteiger partial charge is 0.256 e. The highest BCUT2D eigenvalue weighted by molar-refractivity contribution is 6.32. The van der Waals surface area contributed by atoms with Crippen molar-refractivity contribution in [3.8, 4) is 5.75 Å². The number of benzene rings is 3. The number of ether oxygens (including phenoxy) is 1. The number of carbonyl (C=O) groups is 1. The largest absolute Gasteiger partial charge is 0.487 e. The van der Waals surface area contributed by atoms with Gasteiger partial charge in [-0.3, -0.25) is 9.78 Å². The summed E-state index contributed by atoms with van der Waals surface area (Å²) < 4.78 is 5.80. The number of anilines is 2. The van der Waals surface area contributed by atoms with Gasteiger partial charge in [0.1, 0.15) is 12.4 Å². The van der Waals surface area contributed by atoms with Crippen LogP contribution in [0.3, 0.4) is 0 Å². The lowest BCUT2D eigenvalue weighted by Gasteiger charge is -2.13. The summed E-state index contributed by atoms with van der Waals surface area (Å²) >= 11 is 6.14. The Morgan fingerprint density at radius 3 is 2.69 bits per heavy atom. The van der Waals surface area contributed by atoms with Gasteiger partial charge in [-0.15, -0.1) is 0 Å². The minimum atomic E-state index is -0.231. The molecule has 0 aliphatic heterocycles. The average molecular weight is 404 g/mol. The van der Waals surface area contributed by atoms with E-state index in [4.69, 9.17) is 22.1 Å². The highest BCUT2D eigenvalue weighted by atomic mass is 35.5. The molecule has 0 aliphatic rings. The first-order chi connectivity index (χ1) is 14.1. The molecule has 1 aromatic heterocycles. The number of carbonyl (C=O) groups excluding carboxylic acids is 1. The predicted molar refractivity (Wildman–Crippen MR) is 116 cm³/mol. The van der Waals surface area contributed by atoms with E-state index in [1.165, 1.54) is 0 Å². The molecule has 0 saturated heterocycles. The van der Waals surface area contributed by atoms with Crippen molar-refractivity contribution < 1.29 is 9.53 Å². The van der Waals surface area contributed by atoms with Crippen LogP contribution in [0.2, 0.25) is 5.02 Å². The predicted octanol–water partition coefficient (Wildman–Crippen LogP) is 5.30. The highest BCUT2D eigenvalue weighted by Gasteiger charge is 2.13. The minimum absolute atomic E-state index is 0.224. The first kappa shape index (κ1) is 18.8. The van der Waals surface area contributed by atoms with E-state index in [9.17, 15) is 4.79 Å². The number of nitrogens with two attached hydrogens (primary N) is 1. The van der Waals surface area contributed by atoms with Crippen molar-refractivity contribution in [1.82, 2.24) is 4.98 Å². The van der Waals surface area contributed by atoms with Crippen LogP contribution in [0.15, 0.2) is 79.0 Å². The van der Waals surface area contributed by atoms with E-state index in [-0.39, 0.29) is 12.5 Å². The van der Waals surface area contributed by atoms with Crippen LogP contribution in [0.4, 0.5) is 11.4 Å². The second-order valence-electron chi connectivity index (χ2n) is 6.46. The summed E-state index contributed by atoms with van der Waals surface area (Å²) in [5, 5.41) is 4.24. The van der Waals surface area contributed by atoms with Gasteiger partial charge in [-0.25, -0.2) is 0 Å². The van der Waals surface area contributed by atoms with E-state index < -0.39 is 0 Å². The fourth-order valence-electron chi connectivity index (χ4n) is 3.03. The number of amides is 1. The second-order valence-corrected chi connectivity index (χ2v) is 6.87. The van der Waals surface area contributed by atoms with Gasteiger partial charge >= 0.3 is 0 Å². The van der Waals surface area contributed by atoms with Gasteiger partial charge in [0.2, 0.25) is 0 Å². The fourth-order valence-corrected chi connectivity index (χ4v) is 3.22. The molecule has 5 nitrogen and oxygen atoms in total. The van der Waals surface area contributed by atoms with Gasteiger partial charge < -0.3 is 15.8 Å². The molecule has 0 spiro atoms. The molecule has 3 N–H and O–H groups in total. The van der Waals surface area contributed by atoms with Crippen LogP contribution < -0.4 is 15.8 Å². The third-order valence-electron chi connectivity index (χ3n) is 4.51. The van der Waals surface area contributed by atoms with Gasteiger partial charge in [0.15, 0.2) is 0 Å². The Hall–Kier alpha value is -3.57. The van der Waals surface area contributed by atoms with Crippen LogP contribution in [-0.4, -0.2) is 10.9 Å². The summed E-state index contributed by atoms with van der Waals surface area (Å²) in [6.45, 7) is 0.224. The molecule has 29 heavy (non-hydrogen) atoms. The van der Waals surface area contributed by atoms with Crippen LogP contribution in [0.5, 0.6) is 5.75 Å². The minimum Gasteiger partial charge on any atom is -0.487 e. The Morgan fingerprint density at radius 2 is 1.83 bits per heavy atom. The lowest BCUT2D eigenvalue weighted by molar-refractivity contribution is 0.102. The molecule has 6 heteroatoms. The highest BCUT2D eigenvalue weighted by Crippen LogP contribution is 2.26. The number of nitrogens with one attached hydrogen (secondary N) is 1. The van der Waals surface area contributed by atoms with Crippen molar-refractivity contribution in [2.75, 3.05) is 11.1 Å². The average Bonchev–Trinajstić information content (AvgIpc) is 2.74. The molecule has 0 bridgehead atoms. The van der Waals surface area contributed by atoms with Gasteiger partial charge in [0.25, 0.3) is 5.91 Å². The molecule has 0 atom stereocenters. The van der Waals surface area contributed by atoms with Crippen LogP contribution >= 0.6 is 11.6 Å². The molecule has 144 valence electrons. The van der Waals surface area contributed by atoms with E-state index in [1.807, 2.05) is 42.5 Å². The van der Waals surface area contributed by atoms with Crippen molar-refractivity contribution in [3.63, 3.8) is 0 Å². The zero-order chi connectivity index (χ0) is 20.2. The Labute approximate surface area is 173 Å². The lowest BCUT2D eigenvalue weighted by Crippen LogP contribution is -2.15. The van der Waals surface area contributed by atoms with E-state index in [0.29, 0.717) is 27.7 Å². The van der Waals surface area contributed by atoms with Gasteiger partial charge in [-0.2, -0.15) is 0 Å². The topological polar surface area (TPSA) is 77.2 Å². The van der Waals surface area contributed by atoms with Gasteiger partial charge in [0, 0.05) is 34.1 Å². The first-order valence-corrected chi connectivity index (χ1v) is 9.40. The fraction of sp³-hybridized carbons (Fsp3) is 0.0435. The third-order valence-corrected chi connectivity index (χ3v) is 4.83. The molecule has 0 saturated carbocycles. The van der Waals surface area contributed by atoms with Gasteiger partial charge in [0.05, 0.1) is 10.5 Å². The number of aromatic nitrogens is 1. The van der Waals surface area contributed by atoms with Crippen molar-refractivity contribution in [1.29, 1.82) is 0 Å². The maximum atomic E-state index is 12.9. The summed E-state index contributed by atoms with van der Waals surface area (Å²) in [5.41, 5.74) is 9.33. The number of hydrogen-bond acceptors (Lipinski definition) is 4. The molecule has 0 fully saturated rings. The summed E-state index contributed by atoms with van der Waals surface area (Å²) in [7, 11) is 0. The summed E-state index contributed by atoms with van der Waals surface area (Å²) in [6.07, 6.45) is 1.66. The zero-order valence-corrected chi connectivity index (χ0v) is 16.2. The molecule has 0 radical (unpaired) electrons. The number of fused-ring (bicyclic) bond motifs is 1. The molecule has 4 aromatic rings. The van der Waals surface area contributed by atoms with Crippen molar-refractivity contribution in [2.24, 2.45) is 0 Å². The maximum Gasteiger partial charge on any atom is 0.256 e. The van der Waals surface area contributed by atoms with Gasteiger partial charge in [-0.1, -0.05) is 41.9 Å². The number of pyridine rings is 1. The van der Waals surface area contributed by atoms with Crippen molar-refractivity contribution in [2.45, 2.75) is 6.61 Å². The van der Waals surface area contributed by atoms with Crippen molar-refractivity contribution in [3.05, 3.63) is 95.1 Å². The zero-order valence-electron chi connectivity index (χ0n) is 15.4. The Morgan fingerprint density at radius 1 is 1.03 bits per heavy atom. The first-order valence-electron chi connectivity index (χ1n) is 9.02. The quantitative estimate of drug-likeness (QED) is 0.474. The summed E-state index contributed by atoms with van der Waals surface area (Å²) in [5.74, 6) is 0.340. The van der Waals surface area contributed by atoms with Gasteiger partial charge in [-0.05, 0) is 42.5 Å². The SMILES string of the molecule is Nc1ccnc2ccc(NC(=O)c3ccccc3COc3ccccc3Cl)cc12. The number of hydrogen-bond donors (Lipinski definition) is 2. The number of para-hydroxylation sites is 1. The van der Waals surface area contributed by atoms with Crippen LogP contribution in [0.25, 0.3) is 10.9 Å². The van der Waals surface area contributed by atoms with E-state index in [2.05, 4.69) is 10.3 Å². The number of nitrogens with zero attached hydrogens (tertiary/aromatic N) is 1. The molecule has 0 unspecified atom stereocenters. The Balaban J connectivity index is 1.55. The Bertz CT molecular complexity index is 1190. The van der Waals surface area contributed by atoms with Crippen molar-refractivity contribution >= 4 is 39.8 Å². The number of nitrogen functional groups attached to an aromatic ring is 1. The monoisotopic (exact) mass is 403 g/mol. The van der Waals surface area contributed by atoms with E-state index >= 15 is 0 Å². The standard InChI is InChI=1S/C23H18ClN3O2/c24-19-7-3-4-8-22(19)29-14-15-5-1-2-6-17(15)23(28)27-16-9-10-21-18(13-16)20(25)11-12-26-21/h1-13H,14H2,(H2,25,26)(H,27,28). The van der Waals surface area contributed by atoms with Crippen LogP contribution in [-0.2, 0) is 6.61 Å².